The van der Waals surface area contributed by atoms with Crippen LogP contribution in [0.15, 0.2) is 18.2 Å². The molecule has 19 heavy (non-hydrogen) atoms. The van der Waals surface area contributed by atoms with Crippen LogP contribution in [0.3, 0.4) is 0 Å². The van der Waals surface area contributed by atoms with Crippen LogP contribution >= 0.6 is 0 Å². The Hall–Kier alpha value is -2.11. The second kappa shape index (κ2) is 5.26. The highest BCUT2D eigenvalue weighted by atomic mass is 16.6. The zero-order valence-electron chi connectivity index (χ0n) is 11.0. The number of carbonyl (C=O) groups excluding carboxylic acids is 1. The van der Waals surface area contributed by atoms with Gasteiger partial charge >= 0.3 is 0 Å². The lowest BCUT2D eigenvalue weighted by atomic mass is 10.0. The van der Waals surface area contributed by atoms with Crippen LogP contribution in [0, 0.1) is 17.0 Å². The summed E-state index contributed by atoms with van der Waals surface area (Å²) in [6, 6.07) is 5.19. The van der Waals surface area contributed by atoms with Crippen molar-refractivity contribution in [3.8, 4) is 0 Å². The first-order valence-corrected chi connectivity index (χ1v) is 6.23. The molecular weight excluding hydrogens is 246 g/mol. The summed E-state index contributed by atoms with van der Waals surface area (Å²) in [6.07, 6.45) is 1.33. The van der Waals surface area contributed by atoms with Crippen LogP contribution in [0.2, 0.25) is 0 Å². The third-order valence-electron chi connectivity index (χ3n) is 3.39. The van der Waals surface area contributed by atoms with E-state index in [9.17, 15) is 14.9 Å². The molecule has 0 aromatic heterocycles. The quantitative estimate of drug-likeness (QED) is 0.668. The van der Waals surface area contributed by atoms with Crippen molar-refractivity contribution in [2.75, 3.05) is 18.9 Å². The zero-order chi connectivity index (χ0) is 14.0. The summed E-state index contributed by atoms with van der Waals surface area (Å²) >= 11 is 0. The molecule has 1 unspecified atom stereocenters. The summed E-state index contributed by atoms with van der Waals surface area (Å²) in [5.41, 5.74) is 1.62. The smallest absolute Gasteiger partial charge is 0.272 e. The van der Waals surface area contributed by atoms with Crippen molar-refractivity contribution in [2.24, 2.45) is 0 Å². The average Bonchev–Trinajstić information content (AvgIpc) is 2.33. The van der Waals surface area contributed by atoms with Crippen LogP contribution in [-0.4, -0.2) is 35.4 Å². The summed E-state index contributed by atoms with van der Waals surface area (Å²) in [4.78, 5) is 23.5. The molecule has 2 rings (SSSR count). The minimum Gasteiger partial charge on any atom is -0.380 e. The number of likely N-dealkylation sites (N-methyl/N-ethyl adjacent to an activating group) is 1. The first-order chi connectivity index (χ1) is 8.97. The molecular formula is C13H17N3O3. The number of hydrogen-bond acceptors (Lipinski definition) is 4. The van der Waals surface area contributed by atoms with Crippen LogP contribution < -0.4 is 5.32 Å². The summed E-state index contributed by atoms with van der Waals surface area (Å²) in [5.74, 6) is 0.165. The minimum absolute atomic E-state index is 0.126. The Morgan fingerprint density at radius 1 is 1.47 bits per heavy atom. The van der Waals surface area contributed by atoms with Crippen molar-refractivity contribution in [1.29, 1.82) is 0 Å². The number of carbonyl (C=O) groups is 1. The number of aryl methyl sites for hydroxylation is 1. The van der Waals surface area contributed by atoms with E-state index >= 15 is 0 Å². The SMILES string of the molecule is Cc1cc(NC2CCC(=O)N(C)C2)ccc1[N+](=O)[O-]. The molecule has 1 fully saturated rings. The Labute approximate surface area is 111 Å². The van der Waals surface area contributed by atoms with Crippen molar-refractivity contribution in [2.45, 2.75) is 25.8 Å². The number of piperidine rings is 1. The number of benzene rings is 1. The van der Waals surface area contributed by atoms with E-state index in [1.54, 1.807) is 31.0 Å². The Bertz CT molecular complexity index is 516. The van der Waals surface area contributed by atoms with Gasteiger partial charge in [-0.25, -0.2) is 0 Å². The monoisotopic (exact) mass is 263 g/mol. The lowest BCUT2D eigenvalue weighted by Gasteiger charge is -2.30. The average molecular weight is 263 g/mol. The van der Waals surface area contributed by atoms with Gasteiger partial charge in [0.2, 0.25) is 5.91 Å². The van der Waals surface area contributed by atoms with Gasteiger partial charge in [-0.1, -0.05) is 0 Å². The second-order valence-corrected chi connectivity index (χ2v) is 4.91. The molecule has 1 saturated heterocycles. The van der Waals surface area contributed by atoms with Gasteiger partial charge in [0.15, 0.2) is 0 Å². The maximum Gasteiger partial charge on any atom is 0.272 e. The number of nitro benzene ring substituents is 1. The van der Waals surface area contributed by atoms with Gasteiger partial charge in [0, 0.05) is 43.4 Å². The van der Waals surface area contributed by atoms with E-state index in [-0.39, 0.29) is 22.6 Å². The van der Waals surface area contributed by atoms with Crippen LogP contribution in [0.1, 0.15) is 18.4 Å². The Morgan fingerprint density at radius 3 is 2.79 bits per heavy atom. The van der Waals surface area contributed by atoms with Crippen LogP contribution in [0.25, 0.3) is 0 Å². The first kappa shape index (κ1) is 13.3. The molecule has 1 amide bonds. The summed E-state index contributed by atoms with van der Waals surface area (Å²) in [7, 11) is 1.79. The number of likely N-dealkylation sites (tertiary alicyclic amines) is 1. The number of nitrogens with zero attached hydrogens (tertiary/aromatic N) is 2. The maximum atomic E-state index is 11.4. The van der Waals surface area contributed by atoms with Crippen molar-refractivity contribution in [3.05, 3.63) is 33.9 Å². The van der Waals surface area contributed by atoms with Gasteiger partial charge in [-0.15, -0.1) is 0 Å². The van der Waals surface area contributed by atoms with E-state index in [1.807, 2.05) is 0 Å². The molecule has 1 N–H and O–H groups in total. The zero-order valence-corrected chi connectivity index (χ0v) is 11.0. The van der Waals surface area contributed by atoms with E-state index < -0.39 is 0 Å². The second-order valence-electron chi connectivity index (χ2n) is 4.91. The molecule has 0 saturated carbocycles. The number of anilines is 1. The highest BCUT2D eigenvalue weighted by molar-refractivity contribution is 5.77. The molecule has 0 bridgehead atoms. The number of rotatable bonds is 3. The van der Waals surface area contributed by atoms with Gasteiger partial charge in [-0.3, -0.25) is 14.9 Å². The van der Waals surface area contributed by atoms with Crippen LogP contribution in [0.4, 0.5) is 11.4 Å². The third kappa shape index (κ3) is 3.01. The first-order valence-electron chi connectivity index (χ1n) is 6.23. The van der Waals surface area contributed by atoms with Crippen molar-refractivity contribution < 1.29 is 9.72 Å². The predicted molar refractivity (Wildman–Crippen MR) is 72.1 cm³/mol. The Morgan fingerprint density at radius 2 is 2.21 bits per heavy atom. The Balaban J connectivity index is 2.06. The molecule has 1 atom stereocenters. The molecule has 0 spiro atoms. The molecule has 102 valence electrons. The van der Waals surface area contributed by atoms with E-state index in [0.29, 0.717) is 18.5 Å². The topological polar surface area (TPSA) is 75.5 Å². The highest BCUT2D eigenvalue weighted by Gasteiger charge is 2.22. The van der Waals surface area contributed by atoms with Crippen LogP contribution in [-0.2, 0) is 4.79 Å². The minimum atomic E-state index is -0.383. The molecule has 6 nitrogen and oxygen atoms in total. The fourth-order valence-corrected chi connectivity index (χ4v) is 2.32. The van der Waals surface area contributed by atoms with Crippen molar-refractivity contribution >= 4 is 17.3 Å². The standard InChI is InChI=1S/C13H17N3O3/c1-9-7-10(3-5-12(9)16(18)19)14-11-4-6-13(17)15(2)8-11/h3,5,7,11,14H,4,6,8H2,1-2H3. The van der Waals surface area contributed by atoms with Crippen molar-refractivity contribution in [3.63, 3.8) is 0 Å². The van der Waals surface area contributed by atoms with Crippen LogP contribution in [0.5, 0.6) is 0 Å². The number of nitro groups is 1. The van der Waals surface area contributed by atoms with Gasteiger partial charge in [-0.2, -0.15) is 0 Å². The van der Waals surface area contributed by atoms with E-state index in [1.165, 1.54) is 6.07 Å². The van der Waals surface area contributed by atoms with Gasteiger partial charge in [-0.05, 0) is 25.5 Å². The normalized spacial score (nSPS) is 19.4. The summed E-state index contributed by atoms with van der Waals surface area (Å²) in [5, 5.41) is 14.1. The molecule has 1 aliphatic rings. The highest BCUT2D eigenvalue weighted by Crippen LogP contribution is 2.23. The summed E-state index contributed by atoms with van der Waals surface area (Å²) < 4.78 is 0. The third-order valence-corrected chi connectivity index (χ3v) is 3.39. The lowest BCUT2D eigenvalue weighted by Crippen LogP contribution is -2.43. The molecule has 0 aliphatic carbocycles. The van der Waals surface area contributed by atoms with Gasteiger partial charge in [0.25, 0.3) is 5.69 Å². The number of hydrogen-bond donors (Lipinski definition) is 1. The fraction of sp³-hybridized carbons (Fsp3) is 0.462. The van der Waals surface area contributed by atoms with E-state index in [4.69, 9.17) is 0 Å². The number of amides is 1. The molecule has 1 aromatic carbocycles. The molecule has 1 aromatic rings. The van der Waals surface area contributed by atoms with Gasteiger partial charge < -0.3 is 10.2 Å². The lowest BCUT2D eigenvalue weighted by molar-refractivity contribution is -0.385. The van der Waals surface area contributed by atoms with Gasteiger partial charge in [0.05, 0.1) is 4.92 Å². The van der Waals surface area contributed by atoms with E-state index in [2.05, 4.69) is 5.32 Å². The number of nitrogens with one attached hydrogen (secondary N) is 1. The molecule has 6 heteroatoms. The predicted octanol–water partition coefficient (Wildman–Crippen LogP) is 1.94. The molecule has 0 radical (unpaired) electrons. The van der Waals surface area contributed by atoms with E-state index in [0.717, 1.165) is 12.1 Å². The molecule has 1 heterocycles. The molecule has 1 aliphatic heterocycles. The van der Waals surface area contributed by atoms with Gasteiger partial charge in [0.1, 0.15) is 0 Å². The maximum absolute atomic E-state index is 11.4. The largest absolute Gasteiger partial charge is 0.380 e. The fourth-order valence-electron chi connectivity index (χ4n) is 2.32. The Kier molecular flexibility index (Phi) is 3.69. The summed E-state index contributed by atoms with van der Waals surface area (Å²) in [6.45, 7) is 2.38. The van der Waals surface area contributed by atoms with Crippen molar-refractivity contribution in [1.82, 2.24) is 4.90 Å².